The maximum absolute atomic E-state index is 6.31. The Hall–Kier alpha value is -0.350. The smallest absolute Gasteiger partial charge is 0.0464 e. The van der Waals surface area contributed by atoms with Crippen LogP contribution < -0.4 is 5.32 Å². The lowest BCUT2D eigenvalue weighted by Gasteiger charge is -2.26. The summed E-state index contributed by atoms with van der Waals surface area (Å²) in [5.41, 5.74) is 1.27. The molecule has 1 heterocycles. The Kier molecular flexibility index (Phi) is 5.30. The van der Waals surface area contributed by atoms with Crippen LogP contribution in [0.3, 0.4) is 0 Å². The molecule has 0 fully saturated rings. The Bertz CT molecular complexity index is 566. The van der Waals surface area contributed by atoms with Gasteiger partial charge in [0, 0.05) is 32.4 Å². The van der Waals surface area contributed by atoms with Crippen LogP contribution in [0.15, 0.2) is 40.2 Å². The van der Waals surface area contributed by atoms with Gasteiger partial charge in [0.05, 0.1) is 0 Å². The van der Waals surface area contributed by atoms with E-state index in [4.69, 9.17) is 11.6 Å². The van der Waals surface area contributed by atoms with E-state index in [1.165, 1.54) is 4.88 Å². The number of hydrogen-bond donors (Lipinski definition) is 1. The van der Waals surface area contributed by atoms with Gasteiger partial charge in [-0.2, -0.15) is 0 Å². The van der Waals surface area contributed by atoms with Gasteiger partial charge in [-0.15, -0.1) is 11.3 Å². The van der Waals surface area contributed by atoms with E-state index in [0.29, 0.717) is 0 Å². The van der Waals surface area contributed by atoms with Crippen molar-refractivity contribution in [3.8, 4) is 0 Å². The molecule has 0 aliphatic carbocycles. The highest BCUT2D eigenvalue weighted by Gasteiger charge is 2.22. The Labute approximate surface area is 138 Å². The van der Waals surface area contributed by atoms with Crippen LogP contribution in [-0.2, 0) is 5.41 Å². The first kappa shape index (κ1) is 16.0. The highest BCUT2D eigenvalue weighted by molar-refractivity contribution is 9.10. The fourth-order valence-corrected chi connectivity index (χ4v) is 3.81. The average Bonchev–Trinajstić information content (AvgIpc) is 2.90. The molecule has 20 heavy (non-hydrogen) atoms. The quantitative estimate of drug-likeness (QED) is 0.700. The SMILES string of the molecule is CC(NCC(C)(C)c1cccs1)c1ccc(Br)cc1Cl. The lowest BCUT2D eigenvalue weighted by molar-refractivity contribution is 0.441. The minimum absolute atomic E-state index is 0.129. The Morgan fingerprint density at radius 2 is 2.10 bits per heavy atom. The molecule has 4 heteroatoms. The predicted octanol–water partition coefficient (Wildman–Crippen LogP) is 5.79. The van der Waals surface area contributed by atoms with Gasteiger partial charge in [0.25, 0.3) is 0 Å². The van der Waals surface area contributed by atoms with Gasteiger partial charge >= 0.3 is 0 Å². The van der Waals surface area contributed by atoms with E-state index < -0.39 is 0 Å². The molecule has 1 aromatic carbocycles. The lowest BCUT2D eigenvalue weighted by Crippen LogP contribution is -2.33. The summed E-state index contributed by atoms with van der Waals surface area (Å²) >= 11 is 11.6. The number of rotatable bonds is 5. The van der Waals surface area contributed by atoms with Crippen molar-refractivity contribution in [1.82, 2.24) is 5.32 Å². The van der Waals surface area contributed by atoms with E-state index in [1.807, 2.05) is 23.5 Å². The third kappa shape index (κ3) is 3.85. The number of halogens is 2. The van der Waals surface area contributed by atoms with Gasteiger partial charge in [-0.3, -0.25) is 0 Å². The Morgan fingerprint density at radius 3 is 2.70 bits per heavy atom. The van der Waals surface area contributed by atoms with E-state index in [2.05, 4.69) is 65.6 Å². The lowest BCUT2D eigenvalue weighted by atomic mass is 9.91. The molecule has 0 amide bonds. The van der Waals surface area contributed by atoms with E-state index >= 15 is 0 Å². The van der Waals surface area contributed by atoms with Gasteiger partial charge in [-0.25, -0.2) is 0 Å². The highest BCUT2D eigenvalue weighted by Crippen LogP contribution is 2.29. The summed E-state index contributed by atoms with van der Waals surface area (Å²) < 4.78 is 1.01. The second-order valence-corrected chi connectivity index (χ2v) is 7.90. The first-order valence-corrected chi connectivity index (χ1v) is 8.67. The summed E-state index contributed by atoms with van der Waals surface area (Å²) in [5, 5.41) is 6.53. The van der Waals surface area contributed by atoms with Crippen LogP contribution >= 0.6 is 38.9 Å². The highest BCUT2D eigenvalue weighted by atomic mass is 79.9. The molecule has 2 rings (SSSR count). The van der Waals surface area contributed by atoms with Gasteiger partial charge in [0.1, 0.15) is 0 Å². The zero-order chi connectivity index (χ0) is 14.8. The number of nitrogens with one attached hydrogen (secondary N) is 1. The largest absolute Gasteiger partial charge is 0.309 e. The summed E-state index contributed by atoms with van der Waals surface area (Å²) in [7, 11) is 0. The van der Waals surface area contributed by atoms with Crippen molar-refractivity contribution in [2.24, 2.45) is 0 Å². The summed E-state index contributed by atoms with van der Waals surface area (Å²) in [6.45, 7) is 7.60. The minimum Gasteiger partial charge on any atom is -0.309 e. The predicted molar refractivity (Wildman–Crippen MR) is 92.9 cm³/mol. The van der Waals surface area contributed by atoms with Crippen LogP contribution in [0.1, 0.15) is 37.3 Å². The van der Waals surface area contributed by atoms with E-state index in [9.17, 15) is 0 Å². The monoisotopic (exact) mass is 371 g/mol. The fourth-order valence-electron chi connectivity index (χ4n) is 2.12. The maximum atomic E-state index is 6.31. The Balaban J connectivity index is 2.03. The second-order valence-electron chi connectivity index (χ2n) is 5.63. The van der Waals surface area contributed by atoms with Gasteiger partial charge in [-0.1, -0.05) is 53.5 Å². The molecule has 1 unspecified atom stereocenters. The van der Waals surface area contributed by atoms with E-state index in [-0.39, 0.29) is 11.5 Å². The summed E-state index contributed by atoms with van der Waals surface area (Å²) in [4.78, 5) is 1.40. The summed E-state index contributed by atoms with van der Waals surface area (Å²) in [6.07, 6.45) is 0. The van der Waals surface area contributed by atoms with Crippen molar-refractivity contribution in [3.63, 3.8) is 0 Å². The standard InChI is InChI=1S/C16H19BrClNS/c1-11(13-7-6-12(17)9-14(13)18)19-10-16(2,3)15-5-4-8-20-15/h4-9,11,19H,10H2,1-3H3. The first-order chi connectivity index (χ1) is 9.40. The van der Waals surface area contributed by atoms with Gasteiger partial charge < -0.3 is 5.32 Å². The van der Waals surface area contributed by atoms with Crippen LogP contribution in [0.4, 0.5) is 0 Å². The second kappa shape index (κ2) is 6.61. The van der Waals surface area contributed by atoms with Gasteiger partial charge in [0.2, 0.25) is 0 Å². The van der Waals surface area contributed by atoms with Crippen molar-refractivity contribution in [3.05, 3.63) is 55.6 Å². The third-order valence-electron chi connectivity index (χ3n) is 3.47. The molecule has 0 saturated heterocycles. The molecular weight excluding hydrogens is 354 g/mol. The topological polar surface area (TPSA) is 12.0 Å². The van der Waals surface area contributed by atoms with Crippen LogP contribution in [-0.4, -0.2) is 6.54 Å². The fraction of sp³-hybridized carbons (Fsp3) is 0.375. The summed E-state index contributed by atoms with van der Waals surface area (Å²) in [6, 6.07) is 10.6. The minimum atomic E-state index is 0.129. The molecule has 0 saturated carbocycles. The molecule has 1 atom stereocenters. The zero-order valence-electron chi connectivity index (χ0n) is 11.9. The third-order valence-corrected chi connectivity index (χ3v) is 5.52. The molecule has 0 bridgehead atoms. The molecule has 0 aliphatic rings. The van der Waals surface area contributed by atoms with Crippen molar-refractivity contribution >= 4 is 38.9 Å². The van der Waals surface area contributed by atoms with Crippen molar-refractivity contribution in [2.75, 3.05) is 6.54 Å². The van der Waals surface area contributed by atoms with Crippen LogP contribution in [0.5, 0.6) is 0 Å². The average molecular weight is 373 g/mol. The van der Waals surface area contributed by atoms with Crippen LogP contribution in [0.25, 0.3) is 0 Å². The molecule has 108 valence electrons. The normalized spacial score (nSPS) is 13.4. The van der Waals surface area contributed by atoms with Gasteiger partial charge in [0.15, 0.2) is 0 Å². The van der Waals surface area contributed by atoms with Gasteiger partial charge in [-0.05, 0) is 36.1 Å². The molecule has 1 N–H and O–H groups in total. The first-order valence-electron chi connectivity index (χ1n) is 6.62. The van der Waals surface area contributed by atoms with Crippen LogP contribution in [0, 0.1) is 0 Å². The van der Waals surface area contributed by atoms with E-state index in [0.717, 1.165) is 21.6 Å². The molecule has 0 spiro atoms. The van der Waals surface area contributed by atoms with E-state index in [1.54, 1.807) is 0 Å². The number of thiophene rings is 1. The molecular formula is C16H19BrClNS. The van der Waals surface area contributed by atoms with Crippen molar-refractivity contribution in [2.45, 2.75) is 32.2 Å². The number of hydrogen-bond acceptors (Lipinski definition) is 2. The van der Waals surface area contributed by atoms with Crippen LogP contribution in [0.2, 0.25) is 5.02 Å². The molecule has 0 radical (unpaired) electrons. The molecule has 2 aromatic rings. The molecule has 1 aromatic heterocycles. The molecule has 0 aliphatic heterocycles. The number of benzene rings is 1. The summed E-state index contributed by atoms with van der Waals surface area (Å²) in [5.74, 6) is 0. The molecule has 1 nitrogen and oxygen atoms in total. The zero-order valence-corrected chi connectivity index (χ0v) is 15.1. The Morgan fingerprint density at radius 1 is 1.35 bits per heavy atom. The van der Waals surface area contributed by atoms with Crippen molar-refractivity contribution in [1.29, 1.82) is 0 Å². The maximum Gasteiger partial charge on any atom is 0.0464 e. The van der Waals surface area contributed by atoms with Crippen molar-refractivity contribution < 1.29 is 0 Å².